The largest absolute Gasteiger partial charge is 0.477 e. The highest BCUT2D eigenvalue weighted by Crippen LogP contribution is 2.27. The summed E-state index contributed by atoms with van der Waals surface area (Å²) >= 11 is 1.10. The van der Waals surface area contributed by atoms with Crippen LogP contribution in [0.15, 0.2) is 18.3 Å². The number of thiophene rings is 1. The van der Waals surface area contributed by atoms with Gasteiger partial charge in [-0.15, -0.1) is 15.6 Å². The Labute approximate surface area is 107 Å². The molecule has 0 bridgehead atoms. The first-order valence-corrected chi connectivity index (χ1v) is 6.57. The van der Waals surface area contributed by atoms with Crippen LogP contribution < -0.4 is 5.06 Å². The fourth-order valence-electron chi connectivity index (χ4n) is 1.35. The maximum atomic E-state index is 10.8. The first-order chi connectivity index (χ1) is 8.47. The average molecular weight is 288 g/mol. The van der Waals surface area contributed by atoms with E-state index in [1.165, 1.54) is 19.3 Å². The second-order valence-electron chi connectivity index (χ2n) is 3.30. The minimum absolute atomic E-state index is 0.197. The van der Waals surface area contributed by atoms with Crippen LogP contribution in [-0.4, -0.2) is 31.5 Å². The second kappa shape index (κ2) is 4.88. The summed E-state index contributed by atoms with van der Waals surface area (Å²) in [5.74, 6) is -0.735. The topological polar surface area (TPSA) is 96.8 Å². The number of hydrogen-bond acceptors (Lipinski definition) is 7. The molecule has 0 aliphatic carbocycles. The predicted octanol–water partition coefficient (Wildman–Crippen LogP) is 0.889. The van der Waals surface area contributed by atoms with Gasteiger partial charge in [-0.05, 0) is 17.5 Å². The van der Waals surface area contributed by atoms with E-state index in [9.17, 15) is 13.2 Å². The van der Waals surface area contributed by atoms with Crippen molar-refractivity contribution in [3.8, 4) is 0 Å². The van der Waals surface area contributed by atoms with Crippen LogP contribution in [0.3, 0.4) is 0 Å². The average Bonchev–Trinajstić information content (AvgIpc) is 2.70. The lowest BCUT2D eigenvalue weighted by Crippen LogP contribution is -2.17. The second-order valence-corrected chi connectivity index (χ2v) is 4.99. The molecular formula is C9H8N2O5S2. The summed E-state index contributed by atoms with van der Waals surface area (Å²) in [5, 5.41) is 10.5. The van der Waals surface area contributed by atoms with Crippen LogP contribution in [0.1, 0.15) is 9.67 Å². The quantitative estimate of drug-likeness (QED) is 0.637. The first kappa shape index (κ1) is 12.7. The van der Waals surface area contributed by atoms with E-state index in [1.54, 1.807) is 6.07 Å². The molecule has 2 heterocycles. The number of anilines is 1. The molecule has 7 nitrogen and oxygen atoms in total. The number of rotatable bonds is 4. The molecule has 0 unspecified atom stereocenters. The van der Waals surface area contributed by atoms with Crippen LogP contribution in [0.5, 0.6) is 0 Å². The molecule has 0 atom stereocenters. The van der Waals surface area contributed by atoms with Gasteiger partial charge in [-0.1, -0.05) is 0 Å². The van der Waals surface area contributed by atoms with E-state index >= 15 is 0 Å². The van der Waals surface area contributed by atoms with E-state index in [0.29, 0.717) is 10.1 Å². The number of aromatic carboxylic acids is 1. The lowest BCUT2D eigenvalue weighted by molar-refractivity contribution is 0.0702. The maximum Gasteiger partial charge on any atom is 0.345 e. The Kier molecular flexibility index (Phi) is 3.45. The van der Waals surface area contributed by atoms with Crippen molar-refractivity contribution in [1.82, 2.24) is 4.98 Å². The van der Waals surface area contributed by atoms with Crippen molar-refractivity contribution in [3.05, 3.63) is 23.2 Å². The van der Waals surface area contributed by atoms with E-state index < -0.39 is 17.0 Å². The molecule has 0 amide bonds. The molecular weight excluding hydrogens is 280 g/mol. The molecule has 2 aromatic rings. The van der Waals surface area contributed by atoms with Crippen molar-refractivity contribution in [2.75, 3.05) is 12.1 Å². The van der Waals surface area contributed by atoms with Gasteiger partial charge in [0.15, 0.2) is 5.82 Å². The van der Waals surface area contributed by atoms with Gasteiger partial charge in [0.25, 0.3) is 11.0 Å². The SMILES string of the molecule is CN(O[SH](=O)=O)c1cc2cc(C(=O)O)sc2cn1. The molecule has 0 aliphatic rings. The van der Waals surface area contributed by atoms with Gasteiger partial charge in [-0.25, -0.2) is 23.3 Å². The summed E-state index contributed by atoms with van der Waals surface area (Å²) in [5.41, 5.74) is 0. The van der Waals surface area contributed by atoms with Crippen LogP contribution >= 0.6 is 11.3 Å². The fourth-order valence-corrected chi connectivity index (χ4v) is 2.49. The molecule has 18 heavy (non-hydrogen) atoms. The monoisotopic (exact) mass is 288 g/mol. The van der Waals surface area contributed by atoms with Gasteiger partial charge in [-0.2, -0.15) is 0 Å². The molecule has 0 radical (unpaired) electrons. The molecule has 2 rings (SSSR count). The van der Waals surface area contributed by atoms with E-state index in [4.69, 9.17) is 5.11 Å². The summed E-state index contributed by atoms with van der Waals surface area (Å²) in [6.45, 7) is 0. The van der Waals surface area contributed by atoms with E-state index in [0.717, 1.165) is 16.4 Å². The minimum atomic E-state index is -3.02. The number of pyridine rings is 1. The third kappa shape index (κ3) is 2.58. The van der Waals surface area contributed by atoms with Gasteiger partial charge in [0.05, 0.1) is 4.70 Å². The molecule has 0 fully saturated rings. The highest BCUT2D eigenvalue weighted by molar-refractivity contribution is 7.67. The number of carboxylic acids is 1. The van der Waals surface area contributed by atoms with Crippen molar-refractivity contribution in [2.45, 2.75) is 0 Å². The molecule has 2 aromatic heterocycles. The Morgan fingerprint density at radius 3 is 2.83 bits per heavy atom. The Bertz CT molecular complexity index is 671. The van der Waals surface area contributed by atoms with E-state index in [-0.39, 0.29) is 10.7 Å². The molecule has 0 saturated heterocycles. The molecule has 0 saturated carbocycles. The normalized spacial score (nSPS) is 11.0. The lowest BCUT2D eigenvalue weighted by Gasteiger charge is -2.12. The predicted molar refractivity (Wildman–Crippen MR) is 66.4 cm³/mol. The van der Waals surface area contributed by atoms with Crippen molar-refractivity contribution < 1.29 is 22.6 Å². The Hall–Kier alpha value is -1.71. The zero-order chi connectivity index (χ0) is 13.3. The zero-order valence-electron chi connectivity index (χ0n) is 9.06. The number of carbonyl (C=O) groups is 1. The van der Waals surface area contributed by atoms with Gasteiger partial charge >= 0.3 is 5.97 Å². The number of nitrogens with zero attached hydrogens (tertiary/aromatic N) is 2. The van der Waals surface area contributed by atoms with Crippen molar-refractivity contribution >= 4 is 44.2 Å². The summed E-state index contributed by atoms with van der Waals surface area (Å²) in [4.78, 5) is 15.0. The van der Waals surface area contributed by atoms with Crippen molar-refractivity contribution in [2.24, 2.45) is 0 Å². The summed E-state index contributed by atoms with van der Waals surface area (Å²) < 4.78 is 26.0. The molecule has 0 aliphatic heterocycles. The molecule has 9 heteroatoms. The Balaban J connectivity index is 2.40. The highest BCUT2D eigenvalue weighted by atomic mass is 32.2. The minimum Gasteiger partial charge on any atom is -0.477 e. The van der Waals surface area contributed by atoms with Crippen LogP contribution in [-0.2, 0) is 15.3 Å². The van der Waals surface area contributed by atoms with E-state index in [1.807, 2.05) is 0 Å². The fraction of sp³-hybridized carbons (Fsp3) is 0.111. The van der Waals surface area contributed by atoms with Crippen LogP contribution in [0, 0.1) is 0 Å². The van der Waals surface area contributed by atoms with Gasteiger partial charge in [-0.3, -0.25) is 0 Å². The number of hydroxylamine groups is 1. The standard InChI is InChI=1S/C9H8N2O5S2/c1-11(16-18(14)15)8-3-5-2-6(9(12)13)17-7(5)4-10-8/h2-4,18H,1H3,(H,12,13). The summed E-state index contributed by atoms with van der Waals surface area (Å²) in [6, 6.07) is 3.05. The van der Waals surface area contributed by atoms with Crippen LogP contribution in [0.25, 0.3) is 10.1 Å². The molecule has 1 N–H and O–H groups in total. The number of hydrogen-bond donors (Lipinski definition) is 2. The van der Waals surface area contributed by atoms with Crippen LogP contribution in [0.2, 0.25) is 0 Å². The van der Waals surface area contributed by atoms with Crippen LogP contribution in [0.4, 0.5) is 5.82 Å². The third-order valence-corrected chi connectivity index (χ3v) is 3.56. The molecule has 0 aromatic carbocycles. The molecule has 0 spiro atoms. The Morgan fingerprint density at radius 1 is 1.50 bits per heavy atom. The van der Waals surface area contributed by atoms with Gasteiger partial charge in [0.1, 0.15) is 4.88 Å². The Morgan fingerprint density at radius 2 is 2.22 bits per heavy atom. The third-order valence-electron chi connectivity index (χ3n) is 2.11. The lowest BCUT2D eigenvalue weighted by atomic mass is 10.3. The summed E-state index contributed by atoms with van der Waals surface area (Å²) in [6.07, 6.45) is 1.47. The number of aromatic nitrogens is 1. The van der Waals surface area contributed by atoms with Crippen molar-refractivity contribution in [3.63, 3.8) is 0 Å². The summed E-state index contributed by atoms with van der Waals surface area (Å²) in [7, 11) is -1.62. The first-order valence-electron chi connectivity index (χ1n) is 4.66. The number of carboxylic acid groups (broad SMARTS) is 1. The molecule has 96 valence electrons. The number of fused-ring (bicyclic) bond motifs is 1. The smallest absolute Gasteiger partial charge is 0.345 e. The van der Waals surface area contributed by atoms with Gasteiger partial charge in [0.2, 0.25) is 0 Å². The highest BCUT2D eigenvalue weighted by Gasteiger charge is 2.11. The van der Waals surface area contributed by atoms with Gasteiger partial charge in [0, 0.05) is 13.2 Å². The van der Waals surface area contributed by atoms with E-state index in [2.05, 4.69) is 9.27 Å². The van der Waals surface area contributed by atoms with Gasteiger partial charge < -0.3 is 5.11 Å². The van der Waals surface area contributed by atoms with Crippen molar-refractivity contribution in [1.29, 1.82) is 0 Å². The zero-order valence-corrected chi connectivity index (χ0v) is 10.8. The number of thiol groups is 1. The maximum absolute atomic E-state index is 10.8.